The number of hydrogen-bond donors (Lipinski definition) is 2. The first-order valence-electron chi connectivity index (χ1n) is 7.19. The number of aromatic nitrogens is 1. The SMILES string of the molecule is O=C(Nc1ccccc1)c1cccc2c1[nH]c1ccccc12. The maximum absolute atomic E-state index is 12.6. The zero-order valence-electron chi connectivity index (χ0n) is 11.8. The molecule has 0 unspecified atom stereocenters. The molecular formula is C19H14N2O. The lowest BCUT2D eigenvalue weighted by molar-refractivity contribution is 0.102. The molecule has 3 heteroatoms. The van der Waals surface area contributed by atoms with Crippen LogP contribution in [0.5, 0.6) is 0 Å². The summed E-state index contributed by atoms with van der Waals surface area (Å²) in [5.41, 5.74) is 3.35. The zero-order valence-corrected chi connectivity index (χ0v) is 11.8. The van der Waals surface area contributed by atoms with Crippen molar-refractivity contribution < 1.29 is 4.79 Å². The number of benzene rings is 3. The molecule has 4 rings (SSSR count). The summed E-state index contributed by atoms with van der Waals surface area (Å²) in [6.07, 6.45) is 0. The van der Waals surface area contributed by atoms with Gasteiger partial charge in [-0.1, -0.05) is 48.5 Å². The molecule has 0 spiro atoms. The van der Waals surface area contributed by atoms with E-state index in [1.807, 2.05) is 66.7 Å². The molecule has 3 aromatic carbocycles. The quantitative estimate of drug-likeness (QED) is 0.557. The summed E-state index contributed by atoms with van der Waals surface area (Å²) in [5, 5.41) is 5.13. The Labute approximate surface area is 127 Å². The number of anilines is 1. The first kappa shape index (κ1) is 12.7. The van der Waals surface area contributed by atoms with Gasteiger partial charge < -0.3 is 10.3 Å². The molecule has 0 saturated carbocycles. The molecule has 22 heavy (non-hydrogen) atoms. The van der Waals surface area contributed by atoms with E-state index >= 15 is 0 Å². The first-order valence-corrected chi connectivity index (χ1v) is 7.19. The molecule has 0 radical (unpaired) electrons. The van der Waals surface area contributed by atoms with Crippen LogP contribution < -0.4 is 5.32 Å². The Balaban J connectivity index is 1.83. The second-order valence-corrected chi connectivity index (χ2v) is 5.22. The fourth-order valence-corrected chi connectivity index (χ4v) is 2.78. The van der Waals surface area contributed by atoms with Crippen molar-refractivity contribution in [2.24, 2.45) is 0 Å². The zero-order chi connectivity index (χ0) is 14.9. The number of aromatic amines is 1. The number of nitrogens with one attached hydrogen (secondary N) is 2. The normalized spacial score (nSPS) is 10.9. The molecule has 0 aliphatic carbocycles. The maximum Gasteiger partial charge on any atom is 0.257 e. The van der Waals surface area contributed by atoms with Crippen molar-refractivity contribution >= 4 is 33.4 Å². The van der Waals surface area contributed by atoms with E-state index in [-0.39, 0.29) is 5.91 Å². The van der Waals surface area contributed by atoms with Gasteiger partial charge in [0, 0.05) is 22.0 Å². The minimum atomic E-state index is -0.108. The molecular weight excluding hydrogens is 272 g/mol. The van der Waals surface area contributed by atoms with Crippen LogP contribution in [0.3, 0.4) is 0 Å². The van der Waals surface area contributed by atoms with Crippen molar-refractivity contribution in [3.8, 4) is 0 Å². The third-order valence-corrected chi connectivity index (χ3v) is 3.82. The Morgan fingerprint density at radius 2 is 1.50 bits per heavy atom. The predicted octanol–water partition coefficient (Wildman–Crippen LogP) is 4.57. The highest BCUT2D eigenvalue weighted by atomic mass is 16.1. The molecule has 0 atom stereocenters. The molecule has 1 heterocycles. The van der Waals surface area contributed by atoms with Crippen LogP contribution in [0.15, 0.2) is 72.8 Å². The summed E-state index contributed by atoms with van der Waals surface area (Å²) >= 11 is 0. The van der Waals surface area contributed by atoms with E-state index in [4.69, 9.17) is 0 Å². The highest BCUT2D eigenvalue weighted by Gasteiger charge is 2.13. The van der Waals surface area contributed by atoms with Crippen molar-refractivity contribution in [1.82, 2.24) is 4.98 Å². The molecule has 4 aromatic rings. The smallest absolute Gasteiger partial charge is 0.257 e. The van der Waals surface area contributed by atoms with Gasteiger partial charge in [0.15, 0.2) is 0 Å². The number of rotatable bonds is 2. The summed E-state index contributed by atoms with van der Waals surface area (Å²) in [5.74, 6) is -0.108. The van der Waals surface area contributed by atoms with Crippen LogP contribution in [0.25, 0.3) is 21.8 Å². The average molecular weight is 286 g/mol. The van der Waals surface area contributed by atoms with Crippen LogP contribution in [0.2, 0.25) is 0 Å². The van der Waals surface area contributed by atoms with Crippen LogP contribution in [0, 0.1) is 0 Å². The van der Waals surface area contributed by atoms with E-state index < -0.39 is 0 Å². The van der Waals surface area contributed by atoms with Crippen LogP contribution in [0.4, 0.5) is 5.69 Å². The van der Waals surface area contributed by atoms with E-state index in [9.17, 15) is 4.79 Å². The first-order chi connectivity index (χ1) is 10.8. The minimum Gasteiger partial charge on any atom is -0.354 e. The fourth-order valence-electron chi connectivity index (χ4n) is 2.78. The van der Waals surface area contributed by atoms with E-state index in [1.54, 1.807) is 0 Å². The van der Waals surface area contributed by atoms with Crippen molar-refractivity contribution in [1.29, 1.82) is 0 Å². The van der Waals surface area contributed by atoms with Gasteiger partial charge in [0.05, 0.1) is 11.1 Å². The maximum atomic E-state index is 12.6. The topological polar surface area (TPSA) is 44.9 Å². The van der Waals surface area contributed by atoms with Crippen molar-refractivity contribution in [2.45, 2.75) is 0 Å². The van der Waals surface area contributed by atoms with Crippen molar-refractivity contribution in [3.05, 3.63) is 78.4 Å². The summed E-state index contributed by atoms with van der Waals surface area (Å²) in [7, 11) is 0. The standard InChI is InChI=1S/C19H14N2O/c22-19(20-13-7-2-1-3-8-13)16-11-6-10-15-14-9-4-5-12-17(14)21-18(15)16/h1-12,21H,(H,20,22). The van der Waals surface area contributed by atoms with Gasteiger partial charge in [-0.3, -0.25) is 4.79 Å². The van der Waals surface area contributed by atoms with E-state index in [0.29, 0.717) is 5.56 Å². The van der Waals surface area contributed by atoms with Gasteiger partial charge in [0.25, 0.3) is 5.91 Å². The van der Waals surface area contributed by atoms with E-state index in [0.717, 1.165) is 27.5 Å². The van der Waals surface area contributed by atoms with Crippen LogP contribution in [0.1, 0.15) is 10.4 Å². The average Bonchev–Trinajstić information content (AvgIpc) is 2.94. The van der Waals surface area contributed by atoms with Crippen molar-refractivity contribution in [3.63, 3.8) is 0 Å². The summed E-state index contributed by atoms with van der Waals surface area (Å²) in [4.78, 5) is 15.9. The molecule has 1 amide bonds. The molecule has 0 saturated heterocycles. The number of H-pyrrole nitrogens is 1. The van der Waals surface area contributed by atoms with E-state index in [2.05, 4.69) is 16.4 Å². The Morgan fingerprint density at radius 1 is 0.773 bits per heavy atom. The van der Waals surface area contributed by atoms with Crippen LogP contribution in [-0.4, -0.2) is 10.9 Å². The second-order valence-electron chi connectivity index (χ2n) is 5.22. The van der Waals surface area contributed by atoms with Gasteiger partial charge in [-0.05, 0) is 24.3 Å². The lowest BCUT2D eigenvalue weighted by Crippen LogP contribution is -2.12. The van der Waals surface area contributed by atoms with Crippen LogP contribution >= 0.6 is 0 Å². The van der Waals surface area contributed by atoms with Gasteiger partial charge in [-0.25, -0.2) is 0 Å². The number of carbonyl (C=O) groups is 1. The summed E-state index contributed by atoms with van der Waals surface area (Å²) in [6.45, 7) is 0. The Kier molecular flexibility index (Phi) is 2.90. The number of fused-ring (bicyclic) bond motifs is 3. The lowest BCUT2D eigenvalue weighted by Gasteiger charge is -2.06. The molecule has 0 fully saturated rings. The molecule has 0 aliphatic rings. The highest BCUT2D eigenvalue weighted by Crippen LogP contribution is 2.27. The molecule has 106 valence electrons. The van der Waals surface area contributed by atoms with Gasteiger partial charge >= 0.3 is 0 Å². The van der Waals surface area contributed by atoms with Crippen LogP contribution in [-0.2, 0) is 0 Å². The third kappa shape index (κ3) is 2.04. The highest BCUT2D eigenvalue weighted by molar-refractivity contribution is 6.17. The number of hydrogen-bond acceptors (Lipinski definition) is 1. The van der Waals surface area contributed by atoms with Gasteiger partial charge in [0.1, 0.15) is 0 Å². The second kappa shape index (κ2) is 5.04. The Bertz CT molecular complexity index is 970. The third-order valence-electron chi connectivity index (χ3n) is 3.82. The Morgan fingerprint density at radius 3 is 2.36 bits per heavy atom. The molecule has 1 aromatic heterocycles. The lowest BCUT2D eigenvalue weighted by atomic mass is 10.1. The monoisotopic (exact) mass is 286 g/mol. The largest absolute Gasteiger partial charge is 0.354 e. The van der Waals surface area contributed by atoms with E-state index in [1.165, 1.54) is 0 Å². The predicted molar refractivity (Wildman–Crippen MR) is 90.2 cm³/mol. The molecule has 0 bridgehead atoms. The van der Waals surface area contributed by atoms with Gasteiger partial charge in [-0.15, -0.1) is 0 Å². The Hall–Kier alpha value is -3.07. The minimum absolute atomic E-state index is 0.108. The number of carbonyl (C=O) groups excluding carboxylic acids is 1. The van der Waals surface area contributed by atoms with Crippen molar-refractivity contribution in [2.75, 3.05) is 5.32 Å². The molecule has 3 nitrogen and oxygen atoms in total. The molecule has 2 N–H and O–H groups in total. The molecule has 0 aliphatic heterocycles. The number of amides is 1. The number of para-hydroxylation sites is 3. The fraction of sp³-hybridized carbons (Fsp3) is 0. The summed E-state index contributed by atoms with van der Waals surface area (Å²) in [6, 6.07) is 23.4. The summed E-state index contributed by atoms with van der Waals surface area (Å²) < 4.78 is 0. The van der Waals surface area contributed by atoms with Gasteiger partial charge in [-0.2, -0.15) is 0 Å². The van der Waals surface area contributed by atoms with Gasteiger partial charge in [0.2, 0.25) is 0 Å².